The molecule has 2 heterocycles. The Balaban J connectivity index is 0.000000191. The third kappa shape index (κ3) is 13.2. The van der Waals surface area contributed by atoms with Crippen LogP contribution in [0, 0.1) is 29.5 Å². The third-order valence-corrected chi connectivity index (χ3v) is 10.4. The molecule has 0 N–H and O–H groups in total. The van der Waals surface area contributed by atoms with Crippen LogP contribution in [0.4, 0.5) is 4.39 Å². The van der Waals surface area contributed by atoms with Gasteiger partial charge in [0.25, 0.3) is 0 Å². The van der Waals surface area contributed by atoms with Crippen molar-refractivity contribution < 1.29 is 4.39 Å². The summed E-state index contributed by atoms with van der Waals surface area (Å²) in [5.41, 5.74) is 8.56. The number of rotatable bonds is 12. The molecule has 0 aliphatic carbocycles. The van der Waals surface area contributed by atoms with Crippen molar-refractivity contribution in [1.29, 1.82) is 0 Å². The van der Waals surface area contributed by atoms with E-state index in [1.165, 1.54) is 98.1 Å². The lowest BCUT2D eigenvalue weighted by Gasteiger charge is -2.32. The van der Waals surface area contributed by atoms with E-state index in [0.29, 0.717) is 5.92 Å². The summed E-state index contributed by atoms with van der Waals surface area (Å²) >= 11 is 0. The van der Waals surface area contributed by atoms with Crippen molar-refractivity contribution in [3.63, 3.8) is 0 Å². The molecule has 0 unspecified atom stereocenters. The summed E-state index contributed by atoms with van der Waals surface area (Å²) < 4.78 is 13.0. The molecule has 2 fully saturated rings. The van der Waals surface area contributed by atoms with E-state index in [9.17, 15) is 4.39 Å². The zero-order valence-electron chi connectivity index (χ0n) is 30.8. The van der Waals surface area contributed by atoms with Crippen molar-refractivity contribution in [2.45, 2.75) is 92.2 Å². The molecular weight excluding hydrogens is 600 g/mol. The van der Waals surface area contributed by atoms with Crippen LogP contribution >= 0.6 is 0 Å². The van der Waals surface area contributed by atoms with Gasteiger partial charge in [-0.3, -0.25) is 9.80 Å². The maximum atomic E-state index is 13.0. The van der Waals surface area contributed by atoms with Crippen molar-refractivity contribution in [2.75, 3.05) is 26.2 Å². The summed E-state index contributed by atoms with van der Waals surface area (Å²) in [6.07, 6.45) is 9.83. The summed E-state index contributed by atoms with van der Waals surface area (Å²) in [5.74, 6) is 2.90. The highest BCUT2D eigenvalue weighted by Crippen LogP contribution is 2.25. The Bertz CT molecular complexity index is 1460. The molecule has 2 saturated heterocycles. The number of likely N-dealkylation sites (tertiary alicyclic amines) is 2. The van der Waals surface area contributed by atoms with E-state index in [1.807, 2.05) is 12.1 Å². The van der Waals surface area contributed by atoms with Gasteiger partial charge >= 0.3 is 0 Å². The van der Waals surface area contributed by atoms with Gasteiger partial charge in [0.05, 0.1) is 0 Å². The standard InChI is InChI=1S/C23H30FN.C23H31N/c1-18(2)15-19-3-5-22(6-4-19)17-25-13-11-21(12-14-25)16-20-7-9-23(24)10-8-20;1-19(2)16-20-8-10-21(11-9-20)17-22-12-14-24(15-13-22)18-23-6-4-3-5-7-23/h3-10,18,21H,11-17H2,1-2H3;3-11,19,22H,12-18H2,1-2H3. The molecule has 4 aromatic carbocycles. The van der Waals surface area contributed by atoms with Gasteiger partial charge in [-0.25, -0.2) is 4.39 Å². The summed E-state index contributed by atoms with van der Waals surface area (Å²) in [6.45, 7) is 16.1. The zero-order chi connectivity index (χ0) is 34.4. The van der Waals surface area contributed by atoms with Crippen LogP contribution in [0.5, 0.6) is 0 Å². The van der Waals surface area contributed by atoms with Crippen LogP contribution in [-0.2, 0) is 38.8 Å². The minimum atomic E-state index is -0.141. The molecule has 0 amide bonds. The largest absolute Gasteiger partial charge is 0.299 e. The third-order valence-electron chi connectivity index (χ3n) is 10.4. The highest BCUT2D eigenvalue weighted by atomic mass is 19.1. The van der Waals surface area contributed by atoms with E-state index >= 15 is 0 Å². The van der Waals surface area contributed by atoms with Crippen LogP contribution in [0.2, 0.25) is 0 Å². The van der Waals surface area contributed by atoms with Crippen LogP contribution in [0.1, 0.15) is 86.8 Å². The Hall–Kier alpha value is -3.27. The normalized spacial score (nSPS) is 16.6. The molecule has 0 radical (unpaired) electrons. The number of benzene rings is 4. The molecule has 262 valence electrons. The van der Waals surface area contributed by atoms with Gasteiger partial charge < -0.3 is 0 Å². The van der Waals surface area contributed by atoms with E-state index in [4.69, 9.17) is 0 Å². The molecule has 3 heteroatoms. The fraction of sp³-hybridized carbons (Fsp3) is 0.478. The molecule has 0 aromatic heterocycles. The van der Waals surface area contributed by atoms with Crippen LogP contribution in [0.25, 0.3) is 0 Å². The number of hydrogen-bond donors (Lipinski definition) is 0. The van der Waals surface area contributed by atoms with E-state index in [0.717, 1.165) is 43.7 Å². The van der Waals surface area contributed by atoms with Crippen molar-refractivity contribution in [2.24, 2.45) is 23.7 Å². The minimum absolute atomic E-state index is 0.141. The minimum Gasteiger partial charge on any atom is -0.299 e. The second-order valence-corrected chi connectivity index (χ2v) is 15.8. The zero-order valence-corrected chi connectivity index (χ0v) is 30.8. The van der Waals surface area contributed by atoms with Crippen LogP contribution < -0.4 is 0 Å². The summed E-state index contributed by atoms with van der Waals surface area (Å²) in [5, 5.41) is 0. The van der Waals surface area contributed by atoms with Gasteiger partial charge in [-0.05, 0) is 147 Å². The van der Waals surface area contributed by atoms with Crippen molar-refractivity contribution in [1.82, 2.24) is 9.80 Å². The average molecular weight is 661 g/mol. The lowest BCUT2D eigenvalue weighted by atomic mass is 9.89. The quantitative estimate of drug-likeness (QED) is 0.149. The van der Waals surface area contributed by atoms with Crippen molar-refractivity contribution in [3.05, 3.63) is 142 Å². The highest BCUT2D eigenvalue weighted by Gasteiger charge is 2.21. The summed E-state index contributed by atoms with van der Waals surface area (Å²) in [4.78, 5) is 5.18. The second kappa shape index (κ2) is 19.2. The lowest BCUT2D eigenvalue weighted by Crippen LogP contribution is -2.33. The van der Waals surface area contributed by atoms with E-state index in [1.54, 1.807) is 12.1 Å². The lowest BCUT2D eigenvalue weighted by molar-refractivity contribution is 0.177. The number of nitrogens with zero attached hydrogens (tertiary/aromatic N) is 2. The van der Waals surface area contributed by atoms with E-state index < -0.39 is 0 Å². The Labute approximate surface area is 297 Å². The van der Waals surface area contributed by atoms with E-state index in [-0.39, 0.29) is 5.82 Å². The molecular formula is C46H61FN2. The van der Waals surface area contributed by atoms with Crippen molar-refractivity contribution in [3.8, 4) is 0 Å². The average Bonchev–Trinajstić information content (AvgIpc) is 3.10. The first-order valence-electron chi connectivity index (χ1n) is 19.2. The molecule has 0 spiro atoms. The summed E-state index contributed by atoms with van der Waals surface area (Å²) in [6, 6.07) is 36.4. The Kier molecular flexibility index (Phi) is 14.5. The maximum Gasteiger partial charge on any atom is 0.123 e. The first-order valence-corrected chi connectivity index (χ1v) is 19.2. The molecule has 2 nitrogen and oxygen atoms in total. The Morgan fingerprint density at radius 3 is 1.22 bits per heavy atom. The van der Waals surface area contributed by atoms with Crippen LogP contribution in [-0.4, -0.2) is 36.0 Å². The van der Waals surface area contributed by atoms with Gasteiger partial charge in [-0.1, -0.05) is 119 Å². The highest BCUT2D eigenvalue weighted by molar-refractivity contribution is 5.24. The molecule has 0 atom stereocenters. The van der Waals surface area contributed by atoms with Gasteiger partial charge in [0.2, 0.25) is 0 Å². The summed E-state index contributed by atoms with van der Waals surface area (Å²) in [7, 11) is 0. The fourth-order valence-corrected chi connectivity index (χ4v) is 7.62. The van der Waals surface area contributed by atoms with Crippen LogP contribution in [0.15, 0.2) is 103 Å². The first kappa shape index (κ1) is 37.0. The van der Waals surface area contributed by atoms with Gasteiger partial charge in [-0.15, -0.1) is 0 Å². The Morgan fingerprint density at radius 2 is 0.816 bits per heavy atom. The van der Waals surface area contributed by atoms with Gasteiger partial charge in [0, 0.05) is 13.1 Å². The molecule has 0 bridgehead atoms. The number of halogens is 1. The number of hydrogen-bond acceptors (Lipinski definition) is 2. The first-order chi connectivity index (χ1) is 23.8. The van der Waals surface area contributed by atoms with Gasteiger partial charge in [0.1, 0.15) is 5.82 Å². The molecule has 2 aliphatic rings. The maximum absolute atomic E-state index is 13.0. The smallest absolute Gasteiger partial charge is 0.123 e. The van der Waals surface area contributed by atoms with E-state index in [2.05, 4.69) is 116 Å². The molecule has 4 aromatic rings. The molecule has 6 rings (SSSR count). The second-order valence-electron chi connectivity index (χ2n) is 15.8. The van der Waals surface area contributed by atoms with Crippen molar-refractivity contribution >= 4 is 0 Å². The molecule has 0 saturated carbocycles. The van der Waals surface area contributed by atoms with Gasteiger partial charge in [-0.2, -0.15) is 0 Å². The fourth-order valence-electron chi connectivity index (χ4n) is 7.62. The number of piperidine rings is 2. The monoisotopic (exact) mass is 660 g/mol. The predicted molar refractivity (Wildman–Crippen MR) is 206 cm³/mol. The predicted octanol–water partition coefficient (Wildman–Crippen LogP) is 10.8. The van der Waals surface area contributed by atoms with Gasteiger partial charge in [0.15, 0.2) is 0 Å². The topological polar surface area (TPSA) is 6.48 Å². The molecule has 2 aliphatic heterocycles. The SMILES string of the molecule is CC(C)Cc1ccc(CC2CCN(Cc3ccccc3)CC2)cc1.CC(C)Cc1ccc(CN2CCC(Cc3ccc(F)cc3)CC2)cc1. The Morgan fingerprint density at radius 1 is 0.469 bits per heavy atom. The molecule has 49 heavy (non-hydrogen) atoms. The van der Waals surface area contributed by atoms with Crippen LogP contribution in [0.3, 0.4) is 0 Å².